The van der Waals surface area contributed by atoms with Gasteiger partial charge in [0.1, 0.15) is 13.1 Å². The van der Waals surface area contributed by atoms with Gasteiger partial charge in [-0.15, -0.1) is 11.5 Å². The minimum absolute atomic E-state index is 0.0418. The first kappa shape index (κ1) is 11.7. The van der Waals surface area contributed by atoms with Crippen LogP contribution in [0.3, 0.4) is 0 Å². The van der Waals surface area contributed by atoms with E-state index >= 15 is 0 Å². The molecule has 0 unspecified atom stereocenters. The fraction of sp³-hybridized carbons (Fsp3) is 0.333. The summed E-state index contributed by atoms with van der Waals surface area (Å²) in [6, 6.07) is 0. The predicted octanol–water partition coefficient (Wildman–Crippen LogP) is -1.18. The van der Waals surface area contributed by atoms with Gasteiger partial charge in [-0.3, -0.25) is 9.59 Å². The first-order valence-electron chi connectivity index (χ1n) is 4.40. The molecule has 0 spiro atoms. The molecule has 0 aromatic carbocycles. The van der Waals surface area contributed by atoms with Crippen molar-refractivity contribution < 1.29 is 14.7 Å². The lowest BCUT2D eigenvalue weighted by molar-refractivity contribution is -0.144. The average Bonchev–Trinajstić information content (AvgIpc) is 2.69. The topological polar surface area (TPSA) is 88.3 Å². The predicted molar refractivity (Wildman–Crippen MR) is 53.1 cm³/mol. The fourth-order valence-corrected chi connectivity index (χ4v) is 1.06. The number of carboxylic acid groups (broad SMARTS) is 1. The number of hydrogen-bond donors (Lipinski definition) is 1. The van der Waals surface area contributed by atoms with Crippen molar-refractivity contribution in [3.63, 3.8) is 0 Å². The van der Waals surface area contributed by atoms with Crippen molar-refractivity contribution in [3.8, 4) is 12.3 Å². The van der Waals surface area contributed by atoms with Crippen molar-refractivity contribution in [2.24, 2.45) is 0 Å². The molecule has 7 nitrogen and oxygen atoms in total. The number of aromatic nitrogens is 3. The van der Waals surface area contributed by atoms with Gasteiger partial charge in [-0.05, 0) is 0 Å². The Morgan fingerprint density at radius 1 is 1.56 bits per heavy atom. The number of carboxylic acids is 1. The summed E-state index contributed by atoms with van der Waals surface area (Å²) in [6.45, 7) is -0.535. The highest BCUT2D eigenvalue weighted by molar-refractivity contribution is 5.81. The molecule has 1 amide bonds. The first-order chi connectivity index (χ1) is 7.63. The second kappa shape index (κ2) is 5.50. The fourth-order valence-electron chi connectivity index (χ4n) is 1.06. The molecule has 0 saturated carbocycles. The summed E-state index contributed by atoms with van der Waals surface area (Å²) in [5.41, 5.74) is 0. The molecule has 1 rings (SSSR count). The van der Waals surface area contributed by atoms with E-state index in [1.54, 1.807) is 0 Å². The summed E-state index contributed by atoms with van der Waals surface area (Å²) < 4.78 is 1.30. The van der Waals surface area contributed by atoms with Gasteiger partial charge < -0.3 is 10.0 Å². The molecule has 0 fully saturated rings. The van der Waals surface area contributed by atoms with E-state index in [1.807, 2.05) is 0 Å². The molecule has 16 heavy (non-hydrogen) atoms. The molecule has 0 aliphatic rings. The molecule has 0 bridgehead atoms. The molecular formula is C9H10N4O3. The van der Waals surface area contributed by atoms with Crippen LogP contribution in [0.4, 0.5) is 0 Å². The maximum absolute atomic E-state index is 11.6. The van der Waals surface area contributed by atoms with E-state index in [0.29, 0.717) is 0 Å². The second-order valence-corrected chi connectivity index (χ2v) is 2.95. The third kappa shape index (κ3) is 3.42. The van der Waals surface area contributed by atoms with E-state index in [9.17, 15) is 9.59 Å². The number of carbonyl (C=O) groups excluding carboxylic acids is 1. The lowest BCUT2D eigenvalue weighted by Gasteiger charge is -2.17. The van der Waals surface area contributed by atoms with E-state index in [1.165, 1.54) is 17.1 Å². The SMILES string of the molecule is C#CCN(CC(=O)O)C(=O)Cn1ccnn1. The highest BCUT2D eigenvalue weighted by atomic mass is 16.4. The van der Waals surface area contributed by atoms with Crippen LogP contribution in [0.15, 0.2) is 12.4 Å². The standard InChI is InChI=1S/C9H10N4O3/c1-2-4-12(7-9(15)16)8(14)6-13-5-3-10-11-13/h1,3,5H,4,6-7H2,(H,15,16). The van der Waals surface area contributed by atoms with Crippen LogP contribution < -0.4 is 0 Å². The zero-order chi connectivity index (χ0) is 12.0. The van der Waals surface area contributed by atoms with E-state index < -0.39 is 18.4 Å². The molecular weight excluding hydrogens is 212 g/mol. The van der Waals surface area contributed by atoms with Gasteiger partial charge in [0.25, 0.3) is 0 Å². The number of amides is 1. The van der Waals surface area contributed by atoms with Crippen LogP contribution in [-0.2, 0) is 16.1 Å². The number of aliphatic carboxylic acids is 1. The van der Waals surface area contributed by atoms with Crippen molar-refractivity contribution in [1.29, 1.82) is 0 Å². The van der Waals surface area contributed by atoms with Gasteiger partial charge in [0, 0.05) is 6.20 Å². The van der Waals surface area contributed by atoms with Crippen LogP contribution >= 0.6 is 0 Å². The van der Waals surface area contributed by atoms with Crippen LogP contribution in [0.25, 0.3) is 0 Å². The summed E-state index contributed by atoms with van der Waals surface area (Å²) in [5, 5.41) is 15.7. The second-order valence-electron chi connectivity index (χ2n) is 2.95. The number of terminal acetylenes is 1. The minimum atomic E-state index is -1.11. The zero-order valence-corrected chi connectivity index (χ0v) is 8.41. The van der Waals surface area contributed by atoms with Gasteiger partial charge in [-0.25, -0.2) is 4.68 Å². The summed E-state index contributed by atoms with van der Waals surface area (Å²) in [5.74, 6) is 0.710. The van der Waals surface area contributed by atoms with E-state index in [-0.39, 0.29) is 13.1 Å². The molecule has 1 aromatic heterocycles. The lowest BCUT2D eigenvalue weighted by Crippen LogP contribution is -2.38. The quantitative estimate of drug-likeness (QED) is 0.634. The molecule has 0 saturated heterocycles. The zero-order valence-electron chi connectivity index (χ0n) is 8.41. The van der Waals surface area contributed by atoms with Gasteiger partial charge in [0.15, 0.2) is 0 Å². The maximum atomic E-state index is 11.6. The van der Waals surface area contributed by atoms with E-state index in [4.69, 9.17) is 11.5 Å². The molecule has 1 heterocycles. The summed E-state index contributed by atoms with van der Waals surface area (Å²) >= 11 is 0. The third-order valence-electron chi connectivity index (χ3n) is 1.73. The van der Waals surface area contributed by atoms with Gasteiger partial charge >= 0.3 is 5.97 Å². The van der Waals surface area contributed by atoms with Crippen molar-refractivity contribution >= 4 is 11.9 Å². The Bertz CT molecular complexity index is 407. The number of rotatable bonds is 5. The molecule has 84 valence electrons. The highest BCUT2D eigenvalue weighted by Gasteiger charge is 2.16. The average molecular weight is 222 g/mol. The Kier molecular flexibility index (Phi) is 4.03. The molecule has 7 heteroatoms. The lowest BCUT2D eigenvalue weighted by atomic mass is 10.4. The van der Waals surface area contributed by atoms with Crippen molar-refractivity contribution in [3.05, 3.63) is 12.4 Å². The number of carbonyl (C=O) groups is 2. The Balaban J connectivity index is 2.60. The normalized spacial score (nSPS) is 9.44. The Morgan fingerprint density at radius 2 is 2.31 bits per heavy atom. The van der Waals surface area contributed by atoms with E-state index in [0.717, 1.165) is 4.90 Å². The Labute approximate surface area is 91.7 Å². The molecule has 0 aliphatic heterocycles. The monoisotopic (exact) mass is 222 g/mol. The van der Waals surface area contributed by atoms with Crippen LogP contribution in [0.5, 0.6) is 0 Å². The van der Waals surface area contributed by atoms with Crippen molar-refractivity contribution in [2.75, 3.05) is 13.1 Å². The minimum Gasteiger partial charge on any atom is -0.480 e. The maximum Gasteiger partial charge on any atom is 0.323 e. The smallest absolute Gasteiger partial charge is 0.323 e. The first-order valence-corrected chi connectivity index (χ1v) is 4.40. The molecule has 0 atom stereocenters. The summed E-state index contributed by atoms with van der Waals surface area (Å²) in [4.78, 5) is 23.2. The molecule has 1 aromatic rings. The van der Waals surface area contributed by atoms with Gasteiger partial charge in [0.2, 0.25) is 5.91 Å². The van der Waals surface area contributed by atoms with Gasteiger partial charge in [-0.1, -0.05) is 11.1 Å². The van der Waals surface area contributed by atoms with Crippen LogP contribution in [-0.4, -0.2) is 50.0 Å². The molecule has 0 radical (unpaired) electrons. The van der Waals surface area contributed by atoms with Crippen LogP contribution in [0.2, 0.25) is 0 Å². The van der Waals surface area contributed by atoms with Gasteiger partial charge in [-0.2, -0.15) is 0 Å². The largest absolute Gasteiger partial charge is 0.480 e. The molecule has 1 N–H and O–H groups in total. The van der Waals surface area contributed by atoms with Crippen molar-refractivity contribution in [2.45, 2.75) is 6.54 Å². The van der Waals surface area contributed by atoms with Crippen molar-refractivity contribution in [1.82, 2.24) is 19.9 Å². The number of hydrogen-bond acceptors (Lipinski definition) is 4. The van der Waals surface area contributed by atoms with Gasteiger partial charge in [0.05, 0.1) is 12.7 Å². The van der Waals surface area contributed by atoms with Crippen LogP contribution in [0, 0.1) is 12.3 Å². The number of nitrogens with zero attached hydrogens (tertiary/aromatic N) is 4. The molecule has 0 aliphatic carbocycles. The van der Waals surface area contributed by atoms with Crippen LogP contribution in [0.1, 0.15) is 0 Å². The van der Waals surface area contributed by atoms with E-state index in [2.05, 4.69) is 16.2 Å². The summed E-state index contributed by atoms with van der Waals surface area (Å²) in [6.07, 6.45) is 7.98. The Hall–Kier alpha value is -2.36. The third-order valence-corrected chi connectivity index (χ3v) is 1.73. The highest BCUT2D eigenvalue weighted by Crippen LogP contribution is 1.93. The summed E-state index contributed by atoms with van der Waals surface area (Å²) in [7, 11) is 0. The Morgan fingerprint density at radius 3 is 2.81 bits per heavy atom.